The molecule has 106 valence electrons. The maximum Gasteiger partial charge on any atom is 0.573 e. The van der Waals surface area contributed by atoms with Gasteiger partial charge >= 0.3 is 6.36 Å². The molecular formula is C16H15F3O. The first-order valence-electron chi connectivity index (χ1n) is 6.31. The van der Waals surface area contributed by atoms with Gasteiger partial charge in [0, 0.05) is 0 Å². The van der Waals surface area contributed by atoms with E-state index in [-0.39, 0.29) is 5.75 Å². The van der Waals surface area contributed by atoms with Gasteiger partial charge in [-0.1, -0.05) is 50.2 Å². The van der Waals surface area contributed by atoms with E-state index < -0.39 is 6.36 Å². The predicted octanol–water partition coefficient (Wildman–Crippen LogP) is 5.38. The zero-order chi connectivity index (χ0) is 14.8. The van der Waals surface area contributed by atoms with Gasteiger partial charge in [-0.3, -0.25) is 0 Å². The van der Waals surface area contributed by atoms with Gasteiger partial charge in [-0.05, 0) is 34.7 Å². The smallest absolute Gasteiger partial charge is 0.406 e. The summed E-state index contributed by atoms with van der Waals surface area (Å²) in [5.74, 6) is 0.198. The summed E-state index contributed by atoms with van der Waals surface area (Å²) in [6, 6.07) is 13.9. The maximum absolute atomic E-state index is 12.1. The van der Waals surface area contributed by atoms with Gasteiger partial charge in [0.2, 0.25) is 0 Å². The molecule has 0 aliphatic rings. The van der Waals surface area contributed by atoms with Crippen molar-refractivity contribution in [3.63, 3.8) is 0 Å². The van der Waals surface area contributed by atoms with Gasteiger partial charge in [-0.2, -0.15) is 0 Å². The van der Waals surface area contributed by atoms with E-state index in [9.17, 15) is 13.2 Å². The van der Waals surface area contributed by atoms with Crippen LogP contribution in [0, 0.1) is 0 Å². The van der Waals surface area contributed by atoms with Crippen molar-refractivity contribution < 1.29 is 17.9 Å². The Labute approximate surface area is 116 Å². The number of hydrogen-bond acceptors (Lipinski definition) is 1. The Morgan fingerprint density at radius 3 is 2.10 bits per heavy atom. The molecule has 0 saturated carbocycles. The molecule has 0 heterocycles. The normalized spacial score (nSPS) is 11.7. The van der Waals surface area contributed by atoms with Gasteiger partial charge in [-0.15, -0.1) is 13.2 Å². The molecule has 1 nitrogen and oxygen atoms in total. The number of benzene rings is 2. The van der Waals surface area contributed by atoms with E-state index >= 15 is 0 Å². The quantitative estimate of drug-likeness (QED) is 0.733. The Balaban J connectivity index is 2.24. The summed E-state index contributed by atoms with van der Waals surface area (Å²) >= 11 is 0. The van der Waals surface area contributed by atoms with E-state index in [4.69, 9.17) is 0 Å². The number of hydrogen-bond donors (Lipinski definition) is 0. The second-order valence-electron chi connectivity index (χ2n) is 4.85. The summed E-state index contributed by atoms with van der Waals surface area (Å²) in [7, 11) is 0. The minimum atomic E-state index is -4.65. The lowest BCUT2D eigenvalue weighted by Crippen LogP contribution is -2.16. The van der Waals surface area contributed by atoms with Crippen LogP contribution in [0.5, 0.6) is 5.75 Å². The van der Waals surface area contributed by atoms with Crippen LogP contribution in [0.1, 0.15) is 25.3 Å². The van der Waals surface area contributed by atoms with Gasteiger partial charge in [0.25, 0.3) is 0 Å². The highest BCUT2D eigenvalue weighted by Gasteiger charge is 2.30. The first-order chi connectivity index (χ1) is 9.35. The summed E-state index contributed by atoms with van der Waals surface area (Å²) in [6.07, 6.45) is -4.65. The lowest BCUT2D eigenvalue weighted by molar-refractivity contribution is -0.274. The summed E-state index contributed by atoms with van der Waals surface area (Å²) in [5, 5.41) is 0. The van der Waals surface area contributed by atoms with Crippen molar-refractivity contribution in [2.24, 2.45) is 0 Å². The van der Waals surface area contributed by atoms with Gasteiger partial charge in [-0.25, -0.2) is 0 Å². The molecule has 0 atom stereocenters. The molecule has 0 radical (unpaired) electrons. The monoisotopic (exact) mass is 280 g/mol. The summed E-state index contributed by atoms with van der Waals surface area (Å²) in [6.45, 7) is 4.19. The maximum atomic E-state index is 12.1. The molecule has 0 bridgehead atoms. The molecule has 0 saturated heterocycles. The molecule has 20 heavy (non-hydrogen) atoms. The van der Waals surface area contributed by atoms with Crippen LogP contribution in [0.2, 0.25) is 0 Å². The van der Waals surface area contributed by atoms with Gasteiger partial charge in [0.05, 0.1) is 0 Å². The van der Waals surface area contributed by atoms with Crippen LogP contribution < -0.4 is 4.74 Å². The molecular weight excluding hydrogens is 265 g/mol. The molecule has 0 aliphatic carbocycles. The lowest BCUT2D eigenvalue weighted by atomic mass is 9.97. The van der Waals surface area contributed by atoms with Crippen molar-refractivity contribution in [2.45, 2.75) is 26.1 Å². The SMILES string of the molecule is CC(C)c1cccc(-c2ccc(OC(F)(F)F)cc2)c1. The van der Waals surface area contributed by atoms with E-state index in [1.54, 1.807) is 12.1 Å². The third-order valence-electron chi connectivity index (χ3n) is 2.97. The third kappa shape index (κ3) is 3.76. The van der Waals surface area contributed by atoms with E-state index in [2.05, 4.69) is 18.6 Å². The number of ether oxygens (including phenoxy) is 1. The Morgan fingerprint density at radius 2 is 1.55 bits per heavy atom. The van der Waals surface area contributed by atoms with Crippen LogP contribution >= 0.6 is 0 Å². The summed E-state index contributed by atoms with van der Waals surface area (Å²) in [5.41, 5.74) is 3.04. The average Bonchev–Trinajstić information content (AvgIpc) is 2.38. The molecule has 0 aromatic heterocycles. The predicted molar refractivity (Wildman–Crippen MR) is 72.7 cm³/mol. The molecule has 0 aliphatic heterocycles. The number of halogens is 3. The molecule has 2 aromatic rings. The third-order valence-corrected chi connectivity index (χ3v) is 2.97. The summed E-state index contributed by atoms with van der Waals surface area (Å²) in [4.78, 5) is 0. The highest BCUT2D eigenvalue weighted by molar-refractivity contribution is 5.65. The second-order valence-corrected chi connectivity index (χ2v) is 4.85. The molecule has 0 unspecified atom stereocenters. The van der Waals surface area contributed by atoms with E-state index in [0.29, 0.717) is 5.92 Å². The van der Waals surface area contributed by atoms with E-state index in [1.165, 1.54) is 17.7 Å². The lowest BCUT2D eigenvalue weighted by Gasteiger charge is -2.11. The van der Waals surface area contributed by atoms with E-state index in [0.717, 1.165) is 11.1 Å². The molecule has 2 rings (SSSR count). The number of rotatable bonds is 3. The highest BCUT2D eigenvalue weighted by Crippen LogP contribution is 2.28. The van der Waals surface area contributed by atoms with Crippen LogP contribution in [-0.2, 0) is 0 Å². The van der Waals surface area contributed by atoms with Crippen LogP contribution in [0.3, 0.4) is 0 Å². The van der Waals surface area contributed by atoms with Crippen molar-refractivity contribution in [3.8, 4) is 16.9 Å². The Bertz CT molecular complexity index is 571. The largest absolute Gasteiger partial charge is 0.573 e. The van der Waals surface area contributed by atoms with Crippen molar-refractivity contribution in [3.05, 3.63) is 54.1 Å². The molecule has 0 fully saturated rings. The van der Waals surface area contributed by atoms with Crippen molar-refractivity contribution in [2.75, 3.05) is 0 Å². The van der Waals surface area contributed by atoms with Gasteiger partial charge < -0.3 is 4.74 Å². The van der Waals surface area contributed by atoms with Crippen LogP contribution in [0.15, 0.2) is 48.5 Å². The zero-order valence-electron chi connectivity index (χ0n) is 11.2. The molecule has 4 heteroatoms. The first kappa shape index (κ1) is 14.4. The average molecular weight is 280 g/mol. The van der Waals surface area contributed by atoms with Crippen LogP contribution in [0.25, 0.3) is 11.1 Å². The van der Waals surface area contributed by atoms with Crippen LogP contribution in [0.4, 0.5) is 13.2 Å². The van der Waals surface area contributed by atoms with E-state index in [1.807, 2.05) is 24.3 Å². The first-order valence-corrected chi connectivity index (χ1v) is 6.31. The van der Waals surface area contributed by atoms with Gasteiger partial charge in [0.15, 0.2) is 0 Å². The van der Waals surface area contributed by atoms with Crippen molar-refractivity contribution in [1.82, 2.24) is 0 Å². The topological polar surface area (TPSA) is 9.23 Å². The summed E-state index contributed by atoms with van der Waals surface area (Å²) < 4.78 is 40.1. The van der Waals surface area contributed by atoms with Crippen molar-refractivity contribution >= 4 is 0 Å². The minimum Gasteiger partial charge on any atom is -0.406 e. The van der Waals surface area contributed by atoms with Gasteiger partial charge in [0.1, 0.15) is 5.75 Å². The molecule has 0 amide bonds. The van der Waals surface area contributed by atoms with Crippen LogP contribution in [-0.4, -0.2) is 6.36 Å². The Morgan fingerprint density at radius 1 is 0.900 bits per heavy atom. The zero-order valence-corrected chi connectivity index (χ0v) is 11.2. The standard InChI is InChI=1S/C16H15F3O/c1-11(2)13-4-3-5-14(10-13)12-6-8-15(9-7-12)20-16(17,18)19/h3-11H,1-2H3. The second kappa shape index (κ2) is 5.57. The fourth-order valence-corrected chi connectivity index (χ4v) is 1.93. The Kier molecular flexibility index (Phi) is 4.02. The molecule has 0 spiro atoms. The minimum absolute atomic E-state index is 0.207. The molecule has 0 N–H and O–H groups in total. The highest BCUT2D eigenvalue weighted by atomic mass is 19.4. The number of alkyl halides is 3. The fourth-order valence-electron chi connectivity index (χ4n) is 1.93. The van der Waals surface area contributed by atoms with Crippen molar-refractivity contribution in [1.29, 1.82) is 0 Å². The Hall–Kier alpha value is -1.97. The molecule has 2 aromatic carbocycles. The fraction of sp³-hybridized carbons (Fsp3) is 0.250.